The van der Waals surface area contributed by atoms with Crippen molar-refractivity contribution in [1.82, 2.24) is 10.6 Å². The zero-order valence-electron chi connectivity index (χ0n) is 13.3. The molecule has 21 heavy (non-hydrogen) atoms. The number of fused-ring (bicyclic) bond motifs is 1. The second-order valence-corrected chi connectivity index (χ2v) is 5.33. The molecule has 0 radical (unpaired) electrons. The van der Waals surface area contributed by atoms with Crippen molar-refractivity contribution in [3.63, 3.8) is 0 Å². The molecule has 0 spiro atoms. The molecule has 0 amide bonds. The average molecular weight is 290 g/mol. The van der Waals surface area contributed by atoms with Crippen molar-refractivity contribution in [2.24, 2.45) is 4.99 Å². The highest BCUT2D eigenvalue weighted by atomic mass is 16.5. The second-order valence-electron chi connectivity index (χ2n) is 5.33. The number of hydrogen-bond acceptors (Lipinski definition) is 3. The SMILES string of the molecule is CN=C(NCCOC)NCc1ccc2c(c1)CCCN2C. The van der Waals surface area contributed by atoms with Gasteiger partial charge in [-0.15, -0.1) is 0 Å². The smallest absolute Gasteiger partial charge is 0.191 e. The summed E-state index contributed by atoms with van der Waals surface area (Å²) in [6.45, 7) is 3.36. The molecule has 0 saturated heterocycles. The van der Waals surface area contributed by atoms with Crippen molar-refractivity contribution in [3.8, 4) is 0 Å². The van der Waals surface area contributed by atoms with E-state index in [2.05, 4.69) is 45.8 Å². The van der Waals surface area contributed by atoms with Crippen LogP contribution in [0.25, 0.3) is 0 Å². The van der Waals surface area contributed by atoms with E-state index in [0.717, 1.165) is 25.6 Å². The first-order valence-electron chi connectivity index (χ1n) is 7.51. The van der Waals surface area contributed by atoms with Crippen LogP contribution in [-0.4, -0.2) is 46.9 Å². The molecule has 0 atom stereocenters. The highest BCUT2D eigenvalue weighted by Crippen LogP contribution is 2.26. The van der Waals surface area contributed by atoms with E-state index in [1.807, 2.05) is 0 Å². The number of ether oxygens (including phenoxy) is 1. The molecule has 116 valence electrons. The van der Waals surface area contributed by atoms with Gasteiger partial charge in [0.25, 0.3) is 0 Å². The fourth-order valence-corrected chi connectivity index (χ4v) is 2.63. The zero-order chi connectivity index (χ0) is 15.1. The molecule has 1 aliphatic rings. The molecule has 2 N–H and O–H groups in total. The quantitative estimate of drug-likeness (QED) is 0.489. The van der Waals surface area contributed by atoms with Crippen molar-refractivity contribution in [3.05, 3.63) is 29.3 Å². The predicted molar refractivity (Wildman–Crippen MR) is 88.1 cm³/mol. The van der Waals surface area contributed by atoms with Gasteiger partial charge in [-0.05, 0) is 30.0 Å². The summed E-state index contributed by atoms with van der Waals surface area (Å²) in [5.41, 5.74) is 4.11. The molecule has 0 unspecified atom stereocenters. The molecule has 0 fully saturated rings. The number of rotatable bonds is 5. The lowest BCUT2D eigenvalue weighted by Gasteiger charge is -2.28. The summed E-state index contributed by atoms with van der Waals surface area (Å²) in [5, 5.41) is 6.55. The molecule has 1 aromatic rings. The van der Waals surface area contributed by atoms with Crippen LogP contribution in [0.5, 0.6) is 0 Å². The van der Waals surface area contributed by atoms with Gasteiger partial charge in [-0.2, -0.15) is 0 Å². The number of anilines is 1. The van der Waals surface area contributed by atoms with Crippen molar-refractivity contribution < 1.29 is 4.74 Å². The van der Waals surface area contributed by atoms with Gasteiger partial charge < -0.3 is 20.3 Å². The number of nitrogens with one attached hydrogen (secondary N) is 2. The number of hydrogen-bond donors (Lipinski definition) is 2. The summed E-state index contributed by atoms with van der Waals surface area (Å²) >= 11 is 0. The van der Waals surface area contributed by atoms with E-state index < -0.39 is 0 Å². The molecule has 0 aromatic heterocycles. The summed E-state index contributed by atoms with van der Waals surface area (Å²) in [5.74, 6) is 0.807. The number of benzene rings is 1. The van der Waals surface area contributed by atoms with Crippen LogP contribution in [0.4, 0.5) is 5.69 Å². The van der Waals surface area contributed by atoms with Crippen molar-refractivity contribution in [1.29, 1.82) is 0 Å². The fraction of sp³-hybridized carbons (Fsp3) is 0.562. The largest absolute Gasteiger partial charge is 0.383 e. The maximum atomic E-state index is 5.02. The molecule has 0 aliphatic carbocycles. The van der Waals surface area contributed by atoms with Gasteiger partial charge in [-0.25, -0.2) is 0 Å². The number of nitrogens with zero attached hydrogens (tertiary/aromatic N) is 2. The normalized spacial score (nSPS) is 14.8. The molecule has 5 heteroatoms. The van der Waals surface area contributed by atoms with E-state index in [1.54, 1.807) is 14.2 Å². The third-order valence-electron chi connectivity index (χ3n) is 3.78. The Bertz CT molecular complexity index is 487. The van der Waals surface area contributed by atoms with Crippen LogP contribution in [0.15, 0.2) is 23.2 Å². The highest BCUT2D eigenvalue weighted by Gasteiger charge is 2.13. The van der Waals surface area contributed by atoms with Gasteiger partial charge >= 0.3 is 0 Å². The topological polar surface area (TPSA) is 48.9 Å². The van der Waals surface area contributed by atoms with Crippen molar-refractivity contribution >= 4 is 11.6 Å². The number of methoxy groups -OCH3 is 1. The summed E-state index contributed by atoms with van der Waals surface area (Å²) in [7, 11) is 5.64. The Labute approximate surface area is 127 Å². The number of guanidine groups is 1. The van der Waals surface area contributed by atoms with E-state index in [4.69, 9.17) is 4.74 Å². The lowest BCUT2D eigenvalue weighted by atomic mass is 9.99. The van der Waals surface area contributed by atoms with E-state index in [-0.39, 0.29) is 0 Å². The fourth-order valence-electron chi connectivity index (χ4n) is 2.63. The van der Waals surface area contributed by atoms with Crippen LogP contribution in [0.3, 0.4) is 0 Å². The molecule has 5 nitrogen and oxygen atoms in total. The predicted octanol–water partition coefficient (Wildman–Crippen LogP) is 1.38. The lowest BCUT2D eigenvalue weighted by Crippen LogP contribution is -2.38. The number of aliphatic imine (C=N–C) groups is 1. The third kappa shape index (κ3) is 4.36. The average Bonchev–Trinajstić information content (AvgIpc) is 2.51. The number of aryl methyl sites for hydroxylation is 1. The maximum absolute atomic E-state index is 5.02. The summed E-state index contributed by atoms with van der Waals surface area (Å²) in [4.78, 5) is 6.54. The summed E-state index contributed by atoms with van der Waals surface area (Å²) < 4.78 is 5.02. The Morgan fingerprint density at radius 1 is 1.38 bits per heavy atom. The minimum Gasteiger partial charge on any atom is -0.383 e. The molecular formula is C16H26N4O. The van der Waals surface area contributed by atoms with E-state index >= 15 is 0 Å². The van der Waals surface area contributed by atoms with Crippen LogP contribution in [0, 0.1) is 0 Å². The monoisotopic (exact) mass is 290 g/mol. The van der Waals surface area contributed by atoms with Crippen LogP contribution in [-0.2, 0) is 17.7 Å². The minimum atomic E-state index is 0.672. The molecule has 1 aliphatic heterocycles. The van der Waals surface area contributed by atoms with Crippen LogP contribution in [0.1, 0.15) is 17.5 Å². The van der Waals surface area contributed by atoms with E-state index in [1.165, 1.54) is 29.7 Å². The van der Waals surface area contributed by atoms with Crippen molar-refractivity contribution in [2.75, 3.05) is 45.8 Å². The first-order chi connectivity index (χ1) is 10.2. The van der Waals surface area contributed by atoms with Gasteiger partial charge in [0.05, 0.1) is 6.61 Å². The minimum absolute atomic E-state index is 0.672. The standard InChI is InChI=1S/C16H26N4O/c1-17-16(18-8-10-21-3)19-12-13-6-7-15-14(11-13)5-4-9-20(15)2/h6-7,11H,4-5,8-10,12H2,1-3H3,(H2,17,18,19). The highest BCUT2D eigenvalue weighted by molar-refractivity contribution is 5.79. The maximum Gasteiger partial charge on any atom is 0.191 e. The molecule has 0 saturated carbocycles. The van der Waals surface area contributed by atoms with Crippen LogP contribution < -0.4 is 15.5 Å². The van der Waals surface area contributed by atoms with Crippen LogP contribution in [0.2, 0.25) is 0 Å². The molecule has 0 bridgehead atoms. The Morgan fingerprint density at radius 3 is 3.00 bits per heavy atom. The molecule has 1 heterocycles. The lowest BCUT2D eigenvalue weighted by molar-refractivity contribution is 0.203. The van der Waals surface area contributed by atoms with Gasteiger partial charge in [-0.1, -0.05) is 12.1 Å². The summed E-state index contributed by atoms with van der Waals surface area (Å²) in [6, 6.07) is 6.73. The van der Waals surface area contributed by atoms with Gasteiger partial charge in [-0.3, -0.25) is 4.99 Å². The Morgan fingerprint density at radius 2 is 2.24 bits per heavy atom. The first kappa shape index (κ1) is 15.6. The second kappa shape index (κ2) is 7.88. The van der Waals surface area contributed by atoms with Crippen molar-refractivity contribution in [2.45, 2.75) is 19.4 Å². The van der Waals surface area contributed by atoms with Gasteiger partial charge in [0.2, 0.25) is 0 Å². The molecule has 1 aromatic carbocycles. The third-order valence-corrected chi connectivity index (χ3v) is 3.78. The van der Waals surface area contributed by atoms with E-state index in [9.17, 15) is 0 Å². The van der Waals surface area contributed by atoms with Gasteiger partial charge in [0, 0.05) is 46.5 Å². The summed E-state index contributed by atoms with van der Waals surface area (Å²) in [6.07, 6.45) is 2.41. The van der Waals surface area contributed by atoms with Crippen LogP contribution >= 0.6 is 0 Å². The zero-order valence-corrected chi connectivity index (χ0v) is 13.3. The van der Waals surface area contributed by atoms with E-state index in [0.29, 0.717) is 6.61 Å². The van der Waals surface area contributed by atoms with Gasteiger partial charge in [0.15, 0.2) is 5.96 Å². The molecular weight excluding hydrogens is 264 g/mol. The Balaban J connectivity index is 1.91. The van der Waals surface area contributed by atoms with Gasteiger partial charge in [0.1, 0.15) is 0 Å². The Kier molecular flexibility index (Phi) is 5.87. The molecule has 2 rings (SSSR count). The Hall–Kier alpha value is -1.75. The first-order valence-corrected chi connectivity index (χ1v) is 7.51.